The van der Waals surface area contributed by atoms with Crippen LogP contribution in [0.2, 0.25) is 0 Å². The standard InChI is InChI=1S/C22H20FN3OS/c1-2-18-12-25-22(28-18)26-19(11-24)21(20(26)13-27)15-8-6-14(7-9-15)16-4-3-5-17(23)10-16/h3-10,12,19-21,27H,2,13H2,1H3/t19-,20+,21+/m1/s1. The number of aliphatic hydroxyl groups excluding tert-OH is 1. The predicted octanol–water partition coefficient (Wildman–Crippen LogP) is 4.37. The summed E-state index contributed by atoms with van der Waals surface area (Å²) in [5, 5.41) is 20.5. The average Bonchev–Trinajstić information content (AvgIpc) is 3.17. The van der Waals surface area contributed by atoms with Gasteiger partial charge in [-0.1, -0.05) is 43.3 Å². The van der Waals surface area contributed by atoms with Crippen LogP contribution in [0.5, 0.6) is 0 Å². The van der Waals surface area contributed by atoms with E-state index in [1.165, 1.54) is 12.1 Å². The molecule has 2 aromatic carbocycles. The predicted molar refractivity (Wildman–Crippen MR) is 109 cm³/mol. The Labute approximate surface area is 167 Å². The summed E-state index contributed by atoms with van der Waals surface area (Å²) in [6.45, 7) is 2.02. The molecule has 1 aliphatic heterocycles. The van der Waals surface area contributed by atoms with Crippen LogP contribution in [0, 0.1) is 17.1 Å². The summed E-state index contributed by atoms with van der Waals surface area (Å²) in [6, 6.07) is 16.1. The molecule has 0 saturated carbocycles. The zero-order chi connectivity index (χ0) is 19.7. The van der Waals surface area contributed by atoms with E-state index in [1.54, 1.807) is 17.4 Å². The fourth-order valence-corrected chi connectivity index (χ4v) is 4.76. The zero-order valence-electron chi connectivity index (χ0n) is 15.4. The SMILES string of the molecule is CCc1cnc(N2[C@H](C#N)[C@H](c3ccc(-c4cccc(F)c4)cc3)[C@@H]2CO)s1. The highest BCUT2D eigenvalue weighted by Crippen LogP contribution is 2.44. The van der Waals surface area contributed by atoms with Crippen LogP contribution >= 0.6 is 11.3 Å². The minimum Gasteiger partial charge on any atom is -0.394 e. The molecule has 28 heavy (non-hydrogen) atoms. The molecule has 0 spiro atoms. The molecule has 1 aromatic heterocycles. The molecule has 1 N–H and O–H groups in total. The van der Waals surface area contributed by atoms with Gasteiger partial charge in [-0.15, -0.1) is 11.3 Å². The van der Waals surface area contributed by atoms with Gasteiger partial charge in [-0.3, -0.25) is 0 Å². The van der Waals surface area contributed by atoms with Crippen LogP contribution in [0.3, 0.4) is 0 Å². The van der Waals surface area contributed by atoms with Crippen LogP contribution in [0.1, 0.15) is 23.3 Å². The number of nitrogens with zero attached hydrogens (tertiary/aromatic N) is 3. The summed E-state index contributed by atoms with van der Waals surface area (Å²) in [7, 11) is 0. The van der Waals surface area contributed by atoms with Crippen molar-refractivity contribution in [2.24, 2.45) is 0 Å². The Kier molecular flexibility index (Phi) is 5.12. The van der Waals surface area contributed by atoms with Crippen LogP contribution in [0.15, 0.2) is 54.7 Å². The maximum Gasteiger partial charge on any atom is 0.186 e. The van der Waals surface area contributed by atoms with Crippen LogP contribution < -0.4 is 4.90 Å². The minimum absolute atomic E-state index is 0.0461. The number of aryl methyl sites for hydroxylation is 1. The number of hydrogen-bond donors (Lipinski definition) is 1. The molecule has 4 nitrogen and oxygen atoms in total. The molecule has 1 aliphatic rings. The Hall–Kier alpha value is -2.75. The number of nitriles is 1. The van der Waals surface area contributed by atoms with Crippen LogP contribution in [0.4, 0.5) is 9.52 Å². The summed E-state index contributed by atoms with van der Waals surface area (Å²) >= 11 is 1.57. The van der Waals surface area contributed by atoms with Gasteiger partial charge in [0.05, 0.1) is 18.7 Å². The van der Waals surface area contributed by atoms with Gasteiger partial charge in [0, 0.05) is 17.0 Å². The molecule has 4 rings (SSSR count). The number of aromatic nitrogens is 1. The van der Waals surface area contributed by atoms with Crippen LogP contribution in [-0.2, 0) is 6.42 Å². The minimum atomic E-state index is -0.368. The van der Waals surface area contributed by atoms with Gasteiger partial charge >= 0.3 is 0 Å². The third-order valence-corrected chi connectivity index (χ3v) is 6.45. The Balaban J connectivity index is 1.60. The van der Waals surface area contributed by atoms with E-state index in [4.69, 9.17) is 0 Å². The van der Waals surface area contributed by atoms with Crippen molar-refractivity contribution in [3.05, 3.63) is 71.0 Å². The lowest BCUT2D eigenvalue weighted by molar-refractivity contribution is 0.187. The Morgan fingerprint density at radius 2 is 2.00 bits per heavy atom. The molecule has 0 amide bonds. The van der Waals surface area contributed by atoms with Gasteiger partial charge in [0.25, 0.3) is 0 Å². The van der Waals surface area contributed by atoms with Gasteiger partial charge in [-0.05, 0) is 35.2 Å². The monoisotopic (exact) mass is 393 g/mol. The zero-order valence-corrected chi connectivity index (χ0v) is 16.2. The maximum atomic E-state index is 13.5. The van der Waals surface area contributed by atoms with E-state index in [0.717, 1.165) is 33.1 Å². The van der Waals surface area contributed by atoms with E-state index in [2.05, 4.69) is 18.0 Å². The van der Waals surface area contributed by atoms with E-state index in [0.29, 0.717) is 0 Å². The summed E-state index contributed by atoms with van der Waals surface area (Å²) in [6.07, 6.45) is 2.74. The lowest BCUT2D eigenvalue weighted by Crippen LogP contribution is -2.63. The molecule has 1 fully saturated rings. The van der Waals surface area contributed by atoms with E-state index in [-0.39, 0.29) is 30.4 Å². The van der Waals surface area contributed by atoms with Gasteiger partial charge in [0.1, 0.15) is 11.9 Å². The molecule has 3 atom stereocenters. The van der Waals surface area contributed by atoms with Crippen molar-refractivity contribution in [1.82, 2.24) is 4.98 Å². The largest absolute Gasteiger partial charge is 0.394 e. The van der Waals surface area contributed by atoms with Gasteiger partial charge in [-0.2, -0.15) is 5.26 Å². The van der Waals surface area contributed by atoms with Gasteiger partial charge in [0.15, 0.2) is 5.13 Å². The van der Waals surface area contributed by atoms with Crippen LogP contribution in [-0.4, -0.2) is 28.8 Å². The van der Waals surface area contributed by atoms with Crippen molar-refractivity contribution in [2.75, 3.05) is 11.5 Å². The molecule has 0 aliphatic carbocycles. The topological polar surface area (TPSA) is 60.2 Å². The second kappa shape index (κ2) is 7.70. The number of aliphatic hydroxyl groups is 1. The fraction of sp³-hybridized carbons (Fsp3) is 0.273. The molecule has 2 heterocycles. The Bertz CT molecular complexity index is 1010. The second-order valence-corrected chi connectivity index (χ2v) is 7.95. The number of benzene rings is 2. The highest BCUT2D eigenvalue weighted by atomic mass is 32.1. The normalized spacial score (nSPS) is 21.2. The van der Waals surface area contributed by atoms with Crippen LogP contribution in [0.25, 0.3) is 11.1 Å². The molecule has 3 aromatic rings. The van der Waals surface area contributed by atoms with Crippen molar-refractivity contribution in [2.45, 2.75) is 31.3 Å². The van der Waals surface area contributed by atoms with E-state index < -0.39 is 0 Å². The lowest BCUT2D eigenvalue weighted by atomic mass is 9.76. The highest BCUT2D eigenvalue weighted by Gasteiger charge is 2.50. The van der Waals surface area contributed by atoms with Gasteiger partial charge in [-0.25, -0.2) is 9.37 Å². The van der Waals surface area contributed by atoms with Crippen molar-refractivity contribution in [3.63, 3.8) is 0 Å². The molecule has 1 saturated heterocycles. The van der Waals surface area contributed by atoms with Gasteiger partial charge in [0.2, 0.25) is 0 Å². The highest BCUT2D eigenvalue weighted by molar-refractivity contribution is 7.15. The summed E-state index contributed by atoms with van der Waals surface area (Å²) in [5.41, 5.74) is 2.72. The third kappa shape index (κ3) is 3.17. The summed E-state index contributed by atoms with van der Waals surface area (Å²) in [4.78, 5) is 7.53. The number of anilines is 1. The van der Waals surface area contributed by atoms with E-state index in [9.17, 15) is 14.8 Å². The first-order valence-corrected chi connectivity index (χ1v) is 10.1. The molecule has 0 unspecified atom stereocenters. The van der Waals surface area contributed by atoms with Crippen molar-refractivity contribution in [1.29, 1.82) is 5.26 Å². The molecule has 0 radical (unpaired) electrons. The number of hydrogen-bond acceptors (Lipinski definition) is 5. The van der Waals surface area contributed by atoms with Gasteiger partial charge < -0.3 is 10.0 Å². The quantitative estimate of drug-likeness (QED) is 0.699. The molecular weight excluding hydrogens is 373 g/mol. The van der Waals surface area contributed by atoms with E-state index >= 15 is 0 Å². The smallest absolute Gasteiger partial charge is 0.186 e. The van der Waals surface area contributed by atoms with Crippen molar-refractivity contribution >= 4 is 16.5 Å². The van der Waals surface area contributed by atoms with E-state index in [1.807, 2.05) is 41.4 Å². The first kappa shape index (κ1) is 18.6. The Morgan fingerprint density at radius 1 is 1.21 bits per heavy atom. The second-order valence-electron chi connectivity index (χ2n) is 6.85. The molecule has 6 heteroatoms. The van der Waals surface area contributed by atoms with Crippen molar-refractivity contribution < 1.29 is 9.50 Å². The number of thiazole rings is 1. The summed E-state index contributed by atoms with van der Waals surface area (Å²) in [5.74, 6) is -0.360. The lowest BCUT2D eigenvalue weighted by Gasteiger charge is -2.51. The number of halogens is 1. The molecular formula is C22H20FN3OS. The number of rotatable bonds is 5. The summed E-state index contributed by atoms with van der Waals surface area (Å²) < 4.78 is 13.5. The fourth-order valence-electron chi connectivity index (χ4n) is 3.82. The first-order chi connectivity index (χ1) is 13.7. The first-order valence-electron chi connectivity index (χ1n) is 9.25. The average molecular weight is 393 g/mol. The third-order valence-electron chi connectivity index (χ3n) is 5.30. The molecule has 0 bridgehead atoms. The van der Waals surface area contributed by atoms with Crippen molar-refractivity contribution in [3.8, 4) is 17.2 Å². The Morgan fingerprint density at radius 3 is 2.61 bits per heavy atom. The molecule has 142 valence electrons. The maximum absolute atomic E-state index is 13.5.